The van der Waals surface area contributed by atoms with Crippen molar-refractivity contribution in [1.29, 1.82) is 0 Å². The molecule has 1 heterocycles. The number of carbonyl (C=O) groups is 1. The summed E-state index contributed by atoms with van der Waals surface area (Å²) in [6.07, 6.45) is 4.00. The summed E-state index contributed by atoms with van der Waals surface area (Å²) in [6, 6.07) is 0.580. The summed E-state index contributed by atoms with van der Waals surface area (Å²) < 4.78 is 1.40. The molecule has 2 N–H and O–H groups in total. The highest BCUT2D eigenvalue weighted by Crippen LogP contribution is 2.19. The highest BCUT2D eigenvalue weighted by molar-refractivity contribution is 5.87. The van der Waals surface area contributed by atoms with E-state index in [0.29, 0.717) is 12.6 Å². The molecule has 2 rings (SSSR count). The van der Waals surface area contributed by atoms with Gasteiger partial charge < -0.3 is 10.4 Å². The molecule has 0 atom stereocenters. The van der Waals surface area contributed by atoms with Gasteiger partial charge in [0.1, 0.15) is 5.69 Å². The van der Waals surface area contributed by atoms with Gasteiger partial charge in [0.25, 0.3) is 0 Å². The number of hydrogen-bond donors (Lipinski definition) is 2. The van der Waals surface area contributed by atoms with Crippen molar-refractivity contribution in [1.82, 2.24) is 15.1 Å². The standard InChI is InChI=1S/C9H13N3O2/c1-12-8(9(13)14)6(5-11-12)4-10-7-2-3-7/h5,7,10H,2-4H2,1H3,(H,13,14). The van der Waals surface area contributed by atoms with Crippen LogP contribution in [0.25, 0.3) is 0 Å². The van der Waals surface area contributed by atoms with Gasteiger partial charge in [-0.2, -0.15) is 5.10 Å². The van der Waals surface area contributed by atoms with E-state index in [1.165, 1.54) is 17.5 Å². The lowest BCUT2D eigenvalue weighted by Crippen LogP contribution is -2.18. The van der Waals surface area contributed by atoms with Crippen LogP contribution in [0.15, 0.2) is 6.20 Å². The topological polar surface area (TPSA) is 67.2 Å². The minimum atomic E-state index is -0.919. The first-order valence-corrected chi connectivity index (χ1v) is 4.66. The predicted octanol–water partition coefficient (Wildman–Crippen LogP) is 0.370. The molecule has 0 unspecified atom stereocenters. The van der Waals surface area contributed by atoms with E-state index in [1.54, 1.807) is 13.2 Å². The van der Waals surface area contributed by atoms with Crippen LogP contribution in [0.2, 0.25) is 0 Å². The largest absolute Gasteiger partial charge is 0.477 e. The maximum atomic E-state index is 10.9. The number of rotatable bonds is 4. The minimum absolute atomic E-state index is 0.276. The molecule has 0 bridgehead atoms. The lowest BCUT2D eigenvalue weighted by Gasteiger charge is -2.02. The Hall–Kier alpha value is -1.36. The van der Waals surface area contributed by atoms with Gasteiger partial charge in [0, 0.05) is 25.2 Å². The van der Waals surface area contributed by atoms with Crippen molar-refractivity contribution in [2.24, 2.45) is 7.05 Å². The van der Waals surface area contributed by atoms with Gasteiger partial charge in [-0.15, -0.1) is 0 Å². The summed E-state index contributed by atoms with van der Waals surface area (Å²) in [5.41, 5.74) is 1.03. The average Bonchev–Trinajstić information content (AvgIpc) is 2.86. The van der Waals surface area contributed by atoms with E-state index in [1.807, 2.05) is 0 Å². The molecule has 1 aliphatic rings. The summed E-state index contributed by atoms with van der Waals surface area (Å²) in [6.45, 7) is 0.597. The van der Waals surface area contributed by atoms with Crippen LogP contribution in [-0.4, -0.2) is 26.9 Å². The van der Waals surface area contributed by atoms with Gasteiger partial charge in [-0.05, 0) is 12.8 Å². The fourth-order valence-corrected chi connectivity index (χ4v) is 1.43. The molecular weight excluding hydrogens is 182 g/mol. The smallest absolute Gasteiger partial charge is 0.354 e. The zero-order valence-electron chi connectivity index (χ0n) is 8.03. The Morgan fingerprint density at radius 3 is 3.07 bits per heavy atom. The average molecular weight is 195 g/mol. The number of nitrogens with zero attached hydrogens (tertiary/aromatic N) is 2. The first-order valence-electron chi connectivity index (χ1n) is 4.66. The van der Waals surface area contributed by atoms with Gasteiger partial charge in [-0.1, -0.05) is 0 Å². The van der Waals surface area contributed by atoms with Crippen molar-refractivity contribution < 1.29 is 9.90 Å². The molecule has 5 nitrogen and oxygen atoms in total. The van der Waals surface area contributed by atoms with Crippen LogP contribution in [0.5, 0.6) is 0 Å². The van der Waals surface area contributed by atoms with Gasteiger partial charge in [0.2, 0.25) is 0 Å². The number of aromatic nitrogens is 2. The molecular formula is C9H13N3O2. The first kappa shape index (κ1) is 9.21. The van der Waals surface area contributed by atoms with Gasteiger partial charge >= 0.3 is 5.97 Å². The molecule has 1 aromatic heterocycles. The molecule has 0 amide bonds. The molecule has 0 aliphatic heterocycles. The fourth-order valence-electron chi connectivity index (χ4n) is 1.43. The van der Waals surface area contributed by atoms with Gasteiger partial charge in [-0.3, -0.25) is 4.68 Å². The second-order valence-electron chi connectivity index (χ2n) is 3.60. The number of aromatic carboxylic acids is 1. The van der Waals surface area contributed by atoms with E-state index < -0.39 is 5.97 Å². The third kappa shape index (κ3) is 1.77. The van der Waals surface area contributed by atoms with Crippen LogP contribution < -0.4 is 5.32 Å². The van der Waals surface area contributed by atoms with Crippen LogP contribution in [0, 0.1) is 0 Å². The number of carboxylic acid groups (broad SMARTS) is 1. The van der Waals surface area contributed by atoms with E-state index in [0.717, 1.165) is 5.56 Å². The van der Waals surface area contributed by atoms with Crippen molar-refractivity contribution >= 4 is 5.97 Å². The Morgan fingerprint density at radius 2 is 2.50 bits per heavy atom. The molecule has 14 heavy (non-hydrogen) atoms. The quantitative estimate of drug-likeness (QED) is 0.728. The van der Waals surface area contributed by atoms with Crippen molar-refractivity contribution in [3.8, 4) is 0 Å². The second-order valence-corrected chi connectivity index (χ2v) is 3.60. The van der Waals surface area contributed by atoms with E-state index >= 15 is 0 Å². The molecule has 0 aromatic carbocycles. The van der Waals surface area contributed by atoms with Crippen molar-refractivity contribution in [3.63, 3.8) is 0 Å². The maximum Gasteiger partial charge on any atom is 0.354 e. The van der Waals surface area contributed by atoms with E-state index in [9.17, 15) is 4.79 Å². The normalized spacial score (nSPS) is 15.8. The highest BCUT2D eigenvalue weighted by Gasteiger charge is 2.22. The maximum absolute atomic E-state index is 10.9. The number of aryl methyl sites for hydroxylation is 1. The number of hydrogen-bond acceptors (Lipinski definition) is 3. The molecule has 76 valence electrons. The fraction of sp³-hybridized carbons (Fsp3) is 0.556. The monoisotopic (exact) mass is 195 g/mol. The zero-order chi connectivity index (χ0) is 10.1. The molecule has 0 spiro atoms. The minimum Gasteiger partial charge on any atom is -0.477 e. The molecule has 1 fully saturated rings. The van der Waals surface area contributed by atoms with Crippen molar-refractivity contribution in [3.05, 3.63) is 17.5 Å². The lowest BCUT2D eigenvalue weighted by atomic mass is 10.2. The highest BCUT2D eigenvalue weighted by atomic mass is 16.4. The molecule has 1 saturated carbocycles. The Morgan fingerprint density at radius 1 is 1.79 bits per heavy atom. The summed E-state index contributed by atoms with van der Waals surface area (Å²) in [7, 11) is 1.64. The van der Waals surface area contributed by atoms with Gasteiger partial charge in [0.15, 0.2) is 0 Å². The Bertz CT molecular complexity index is 355. The molecule has 1 aliphatic carbocycles. The Kier molecular flexibility index (Phi) is 2.25. The molecule has 5 heteroatoms. The summed E-state index contributed by atoms with van der Waals surface area (Å²) in [5, 5.41) is 16.1. The summed E-state index contributed by atoms with van der Waals surface area (Å²) >= 11 is 0. The Labute approximate surface area is 81.7 Å². The van der Waals surface area contributed by atoms with Crippen LogP contribution in [0.1, 0.15) is 28.9 Å². The third-order valence-electron chi connectivity index (χ3n) is 2.38. The van der Waals surface area contributed by atoms with Crippen LogP contribution in [0.4, 0.5) is 0 Å². The van der Waals surface area contributed by atoms with Crippen LogP contribution in [-0.2, 0) is 13.6 Å². The Balaban J connectivity index is 2.10. The van der Waals surface area contributed by atoms with Crippen LogP contribution in [0.3, 0.4) is 0 Å². The van der Waals surface area contributed by atoms with Gasteiger partial charge in [-0.25, -0.2) is 4.79 Å². The predicted molar refractivity (Wildman–Crippen MR) is 50.0 cm³/mol. The molecule has 1 aromatic rings. The second kappa shape index (κ2) is 3.42. The van der Waals surface area contributed by atoms with E-state index in [4.69, 9.17) is 5.11 Å². The zero-order valence-corrected chi connectivity index (χ0v) is 8.03. The van der Waals surface area contributed by atoms with Crippen molar-refractivity contribution in [2.45, 2.75) is 25.4 Å². The number of carboxylic acids is 1. The number of nitrogens with one attached hydrogen (secondary N) is 1. The summed E-state index contributed by atoms with van der Waals surface area (Å²) in [4.78, 5) is 10.9. The summed E-state index contributed by atoms with van der Waals surface area (Å²) in [5.74, 6) is -0.919. The van der Waals surface area contributed by atoms with Crippen molar-refractivity contribution in [2.75, 3.05) is 0 Å². The molecule has 0 radical (unpaired) electrons. The third-order valence-corrected chi connectivity index (χ3v) is 2.38. The first-order chi connectivity index (χ1) is 6.68. The van der Waals surface area contributed by atoms with E-state index in [-0.39, 0.29) is 5.69 Å². The van der Waals surface area contributed by atoms with E-state index in [2.05, 4.69) is 10.4 Å². The SMILES string of the molecule is Cn1ncc(CNC2CC2)c1C(=O)O. The molecule has 0 saturated heterocycles. The van der Waals surface area contributed by atoms with Gasteiger partial charge in [0.05, 0.1) is 6.20 Å². The lowest BCUT2D eigenvalue weighted by molar-refractivity contribution is 0.0683. The van der Waals surface area contributed by atoms with Crippen LogP contribution >= 0.6 is 0 Å².